The van der Waals surface area contributed by atoms with Crippen molar-refractivity contribution in [3.05, 3.63) is 65.2 Å². The molecule has 4 nitrogen and oxygen atoms in total. The van der Waals surface area contributed by atoms with Crippen LogP contribution in [0, 0.1) is 13.8 Å². The normalized spacial score (nSPS) is 14.8. The monoisotopic (exact) mass is 367 g/mol. The molecule has 1 aliphatic heterocycles. The van der Waals surface area contributed by atoms with E-state index < -0.39 is 0 Å². The molecule has 1 aliphatic rings. The first-order chi connectivity index (χ1) is 12.5. The number of hydrogen-bond acceptors (Lipinski definition) is 2. The van der Waals surface area contributed by atoms with E-state index in [1.54, 1.807) is 0 Å². The first kappa shape index (κ1) is 18.4. The number of nitrogens with zero attached hydrogens (tertiary/aromatic N) is 1. The number of nitrogens with one attached hydrogen (secondary N) is 2. The standard InChI is InChI=1S/C21H25N3OS/c1-15-12-16(2)14-19(13-15)23-21(26)22-18-8-10-24(11-9-18)20(25)17-6-4-3-5-7-17/h3-7,12-14,18H,8-11H2,1-2H3,(H2,22,23,26). The van der Waals surface area contributed by atoms with Gasteiger partial charge in [0.25, 0.3) is 5.91 Å². The molecular weight excluding hydrogens is 342 g/mol. The van der Waals surface area contributed by atoms with Crippen molar-refractivity contribution in [2.75, 3.05) is 18.4 Å². The molecule has 1 saturated heterocycles. The molecule has 0 bridgehead atoms. The Morgan fingerprint density at radius 1 is 1.04 bits per heavy atom. The molecule has 0 aromatic heterocycles. The Kier molecular flexibility index (Phi) is 5.89. The van der Waals surface area contributed by atoms with Gasteiger partial charge in [0.2, 0.25) is 0 Å². The fourth-order valence-electron chi connectivity index (χ4n) is 3.39. The number of aryl methyl sites for hydroxylation is 2. The minimum absolute atomic E-state index is 0.111. The van der Waals surface area contributed by atoms with Crippen LogP contribution in [0.15, 0.2) is 48.5 Å². The molecular formula is C21H25N3OS. The molecule has 1 heterocycles. The maximum atomic E-state index is 12.5. The Bertz CT molecular complexity index is 763. The van der Waals surface area contributed by atoms with Crippen LogP contribution in [-0.4, -0.2) is 35.1 Å². The Morgan fingerprint density at radius 2 is 1.65 bits per heavy atom. The topological polar surface area (TPSA) is 44.4 Å². The Morgan fingerprint density at radius 3 is 2.27 bits per heavy atom. The SMILES string of the molecule is Cc1cc(C)cc(NC(=S)NC2CCN(C(=O)c3ccccc3)CC2)c1. The van der Waals surface area contributed by atoms with Gasteiger partial charge >= 0.3 is 0 Å². The van der Waals surface area contributed by atoms with E-state index in [1.807, 2.05) is 35.2 Å². The molecule has 0 radical (unpaired) electrons. The van der Waals surface area contributed by atoms with Crippen LogP contribution in [-0.2, 0) is 0 Å². The number of benzene rings is 2. The van der Waals surface area contributed by atoms with Crippen LogP contribution in [0.25, 0.3) is 0 Å². The Hall–Kier alpha value is -2.40. The van der Waals surface area contributed by atoms with Crippen LogP contribution in [0.1, 0.15) is 34.3 Å². The Balaban J connectivity index is 1.49. The first-order valence-corrected chi connectivity index (χ1v) is 9.42. The van der Waals surface area contributed by atoms with Gasteiger partial charge in [-0.05, 0) is 74.3 Å². The lowest BCUT2D eigenvalue weighted by atomic mass is 10.0. The zero-order chi connectivity index (χ0) is 18.5. The number of hydrogen-bond donors (Lipinski definition) is 2. The lowest BCUT2D eigenvalue weighted by Gasteiger charge is -2.33. The number of thiocarbonyl (C=S) groups is 1. The summed E-state index contributed by atoms with van der Waals surface area (Å²) in [6.07, 6.45) is 1.79. The molecule has 136 valence electrons. The van der Waals surface area contributed by atoms with Crippen molar-refractivity contribution in [2.45, 2.75) is 32.7 Å². The average Bonchev–Trinajstić information content (AvgIpc) is 2.61. The van der Waals surface area contributed by atoms with Crippen molar-refractivity contribution in [3.63, 3.8) is 0 Å². The number of rotatable bonds is 3. The third-order valence-electron chi connectivity index (χ3n) is 4.62. The summed E-state index contributed by atoms with van der Waals surface area (Å²) in [5.74, 6) is 0.111. The number of carbonyl (C=O) groups is 1. The summed E-state index contributed by atoms with van der Waals surface area (Å²) >= 11 is 5.46. The zero-order valence-corrected chi connectivity index (χ0v) is 16.1. The highest BCUT2D eigenvalue weighted by atomic mass is 32.1. The summed E-state index contributed by atoms with van der Waals surface area (Å²) in [4.78, 5) is 14.4. The summed E-state index contributed by atoms with van der Waals surface area (Å²) < 4.78 is 0. The summed E-state index contributed by atoms with van der Waals surface area (Å²) in [6.45, 7) is 5.65. The van der Waals surface area contributed by atoms with Crippen LogP contribution < -0.4 is 10.6 Å². The minimum Gasteiger partial charge on any atom is -0.360 e. The van der Waals surface area contributed by atoms with E-state index in [-0.39, 0.29) is 5.91 Å². The fourth-order valence-corrected chi connectivity index (χ4v) is 3.67. The van der Waals surface area contributed by atoms with Gasteiger partial charge in [0.1, 0.15) is 0 Å². The molecule has 1 fully saturated rings. The third-order valence-corrected chi connectivity index (χ3v) is 4.84. The zero-order valence-electron chi connectivity index (χ0n) is 15.3. The number of likely N-dealkylation sites (tertiary alicyclic amines) is 1. The number of amides is 1. The fraction of sp³-hybridized carbons (Fsp3) is 0.333. The van der Waals surface area contributed by atoms with E-state index in [2.05, 4.69) is 42.7 Å². The highest BCUT2D eigenvalue weighted by molar-refractivity contribution is 7.80. The van der Waals surface area contributed by atoms with Crippen LogP contribution in [0.2, 0.25) is 0 Å². The van der Waals surface area contributed by atoms with E-state index in [9.17, 15) is 4.79 Å². The van der Waals surface area contributed by atoms with Gasteiger partial charge in [-0.2, -0.15) is 0 Å². The highest BCUT2D eigenvalue weighted by Gasteiger charge is 2.23. The minimum atomic E-state index is 0.111. The number of piperidine rings is 1. The van der Waals surface area contributed by atoms with Gasteiger partial charge in [-0.1, -0.05) is 24.3 Å². The van der Waals surface area contributed by atoms with Crippen molar-refractivity contribution >= 4 is 28.9 Å². The predicted octanol–water partition coefficient (Wildman–Crippen LogP) is 3.89. The van der Waals surface area contributed by atoms with Crippen molar-refractivity contribution in [1.29, 1.82) is 0 Å². The van der Waals surface area contributed by atoms with E-state index in [4.69, 9.17) is 12.2 Å². The molecule has 0 saturated carbocycles. The van der Waals surface area contributed by atoms with Crippen LogP contribution in [0.5, 0.6) is 0 Å². The Labute approximate surface area is 160 Å². The van der Waals surface area contributed by atoms with E-state index in [1.165, 1.54) is 11.1 Å². The lowest BCUT2D eigenvalue weighted by Crippen LogP contribution is -2.47. The number of anilines is 1. The van der Waals surface area contributed by atoms with Gasteiger partial charge < -0.3 is 15.5 Å². The second kappa shape index (κ2) is 8.32. The second-order valence-corrected chi connectivity index (χ2v) is 7.32. The third kappa shape index (κ3) is 4.82. The van der Waals surface area contributed by atoms with Gasteiger partial charge in [0, 0.05) is 30.4 Å². The van der Waals surface area contributed by atoms with E-state index in [0.717, 1.165) is 37.2 Å². The number of carbonyl (C=O) groups excluding carboxylic acids is 1. The van der Waals surface area contributed by atoms with Gasteiger partial charge in [0.05, 0.1) is 0 Å². The molecule has 1 amide bonds. The maximum absolute atomic E-state index is 12.5. The molecule has 0 atom stereocenters. The second-order valence-electron chi connectivity index (χ2n) is 6.91. The quantitative estimate of drug-likeness (QED) is 0.808. The molecule has 5 heteroatoms. The molecule has 2 N–H and O–H groups in total. The van der Waals surface area contributed by atoms with Crippen molar-refractivity contribution in [1.82, 2.24) is 10.2 Å². The largest absolute Gasteiger partial charge is 0.360 e. The molecule has 2 aromatic rings. The summed E-state index contributed by atoms with van der Waals surface area (Å²) in [5, 5.41) is 7.30. The maximum Gasteiger partial charge on any atom is 0.253 e. The lowest BCUT2D eigenvalue weighted by molar-refractivity contribution is 0.0710. The molecule has 2 aromatic carbocycles. The smallest absolute Gasteiger partial charge is 0.253 e. The highest BCUT2D eigenvalue weighted by Crippen LogP contribution is 2.16. The van der Waals surface area contributed by atoms with Crippen molar-refractivity contribution in [2.24, 2.45) is 0 Å². The van der Waals surface area contributed by atoms with Gasteiger partial charge in [-0.15, -0.1) is 0 Å². The van der Waals surface area contributed by atoms with Crippen LogP contribution >= 0.6 is 12.2 Å². The summed E-state index contributed by atoms with van der Waals surface area (Å²) in [7, 11) is 0. The van der Waals surface area contributed by atoms with Crippen LogP contribution in [0.3, 0.4) is 0 Å². The molecule has 0 spiro atoms. The average molecular weight is 368 g/mol. The molecule has 3 rings (SSSR count). The van der Waals surface area contributed by atoms with Crippen molar-refractivity contribution in [3.8, 4) is 0 Å². The van der Waals surface area contributed by atoms with E-state index >= 15 is 0 Å². The van der Waals surface area contributed by atoms with Crippen molar-refractivity contribution < 1.29 is 4.79 Å². The van der Waals surface area contributed by atoms with E-state index in [0.29, 0.717) is 11.2 Å². The first-order valence-electron chi connectivity index (χ1n) is 9.01. The van der Waals surface area contributed by atoms with Gasteiger partial charge in [-0.3, -0.25) is 4.79 Å². The summed E-state index contributed by atoms with van der Waals surface area (Å²) in [5.41, 5.74) is 4.19. The molecule has 0 aliphatic carbocycles. The van der Waals surface area contributed by atoms with Crippen LogP contribution in [0.4, 0.5) is 5.69 Å². The molecule has 0 unspecified atom stereocenters. The molecule has 26 heavy (non-hydrogen) atoms. The van der Waals surface area contributed by atoms with Gasteiger partial charge in [-0.25, -0.2) is 0 Å². The van der Waals surface area contributed by atoms with Gasteiger partial charge in [0.15, 0.2) is 5.11 Å². The predicted molar refractivity (Wildman–Crippen MR) is 111 cm³/mol. The summed E-state index contributed by atoms with van der Waals surface area (Å²) in [6, 6.07) is 16.1.